The van der Waals surface area contributed by atoms with Gasteiger partial charge in [0.1, 0.15) is 0 Å². The molecule has 2 saturated carbocycles. The van der Waals surface area contributed by atoms with Crippen LogP contribution in [0, 0.1) is 29.1 Å². The smallest absolute Gasteiger partial charge is 0.306 e. The number of aliphatic hydroxyl groups excluding tert-OH is 2. The average Bonchev–Trinajstić information content (AvgIpc) is 2.33. The number of hydrogen-bond acceptors (Lipinski definition) is 3. The lowest BCUT2D eigenvalue weighted by Crippen LogP contribution is -2.54. The highest BCUT2D eigenvalue weighted by atomic mass is 16.4. The standard InChI is InChI=1S/C15H26O4/c1-8-4-5-13(17)15(3)7-12(16)10(6-11(8)15)9(2)14(18)19/h8-13,16-17H,4-7H2,1-3H3,(H,18,19). The lowest BCUT2D eigenvalue weighted by molar-refractivity contribution is -0.160. The Bertz CT molecular complexity index is 356. The monoisotopic (exact) mass is 270 g/mol. The van der Waals surface area contributed by atoms with Gasteiger partial charge < -0.3 is 15.3 Å². The average molecular weight is 270 g/mol. The summed E-state index contributed by atoms with van der Waals surface area (Å²) in [5.74, 6) is -0.748. The predicted octanol–water partition coefficient (Wildman–Crippen LogP) is 1.89. The van der Waals surface area contributed by atoms with E-state index in [9.17, 15) is 15.0 Å². The van der Waals surface area contributed by atoms with E-state index in [1.807, 2.05) is 0 Å². The Hall–Kier alpha value is -0.610. The molecule has 2 aliphatic carbocycles. The molecule has 0 bridgehead atoms. The number of hydrogen-bond donors (Lipinski definition) is 3. The van der Waals surface area contributed by atoms with Crippen LogP contribution in [0.2, 0.25) is 0 Å². The molecule has 7 unspecified atom stereocenters. The molecule has 2 rings (SSSR count). The molecule has 0 aromatic carbocycles. The maximum atomic E-state index is 11.2. The van der Waals surface area contributed by atoms with Crippen molar-refractivity contribution in [2.75, 3.05) is 0 Å². The summed E-state index contributed by atoms with van der Waals surface area (Å²) in [6, 6.07) is 0. The largest absolute Gasteiger partial charge is 0.481 e. The van der Waals surface area contributed by atoms with Crippen LogP contribution in [0.15, 0.2) is 0 Å². The molecule has 0 aliphatic heterocycles. The normalized spacial score (nSPS) is 48.4. The van der Waals surface area contributed by atoms with Gasteiger partial charge in [-0.2, -0.15) is 0 Å². The van der Waals surface area contributed by atoms with Crippen LogP contribution in [-0.2, 0) is 4.79 Å². The molecule has 0 spiro atoms. The predicted molar refractivity (Wildman–Crippen MR) is 71.5 cm³/mol. The van der Waals surface area contributed by atoms with Crippen molar-refractivity contribution in [3.8, 4) is 0 Å². The fraction of sp³-hybridized carbons (Fsp3) is 0.933. The first-order valence-electron chi connectivity index (χ1n) is 7.36. The number of aliphatic hydroxyl groups is 2. The van der Waals surface area contributed by atoms with E-state index in [4.69, 9.17) is 5.11 Å². The second-order valence-electron chi connectivity index (χ2n) is 6.98. The van der Waals surface area contributed by atoms with E-state index in [-0.39, 0.29) is 17.4 Å². The third-order valence-electron chi connectivity index (χ3n) is 5.89. The highest BCUT2D eigenvalue weighted by Gasteiger charge is 2.53. The van der Waals surface area contributed by atoms with E-state index in [1.165, 1.54) is 0 Å². The zero-order chi connectivity index (χ0) is 14.4. The maximum Gasteiger partial charge on any atom is 0.306 e. The molecule has 2 fully saturated rings. The molecular formula is C15H26O4. The quantitative estimate of drug-likeness (QED) is 0.716. The van der Waals surface area contributed by atoms with Crippen molar-refractivity contribution in [1.82, 2.24) is 0 Å². The second-order valence-corrected chi connectivity index (χ2v) is 6.98. The summed E-state index contributed by atoms with van der Waals surface area (Å²) in [5, 5.41) is 29.8. The summed E-state index contributed by atoms with van der Waals surface area (Å²) < 4.78 is 0. The first-order valence-corrected chi connectivity index (χ1v) is 7.36. The van der Waals surface area contributed by atoms with Crippen molar-refractivity contribution in [2.45, 2.75) is 58.7 Å². The Morgan fingerprint density at radius 1 is 1.32 bits per heavy atom. The second kappa shape index (κ2) is 5.06. The summed E-state index contributed by atoms with van der Waals surface area (Å²) in [6.07, 6.45) is 2.03. The number of carboxylic acids is 1. The molecule has 0 aromatic rings. The van der Waals surface area contributed by atoms with Crippen molar-refractivity contribution >= 4 is 5.97 Å². The summed E-state index contributed by atoms with van der Waals surface area (Å²) in [5.41, 5.74) is -0.258. The van der Waals surface area contributed by atoms with Gasteiger partial charge in [-0.15, -0.1) is 0 Å². The minimum Gasteiger partial charge on any atom is -0.481 e. The maximum absolute atomic E-state index is 11.2. The van der Waals surface area contributed by atoms with Gasteiger partial charge in [0.25, 0.3) is 0 Å². The summed E-state index contributed by atoms with van der Waals surface area (Å²) in [7, 11) is 0. The number of fused-ring (bicyclic) bond motifs is 1. The molecule has 0 heterocycles. The minimum absolute atomic E-state index is 0.191. The van der Waals surface area contributed by atoms with Crippen LogP contribution in [0.25, 0.3) is 0 Å². The highest BCUT2D eigenvalue weighted by Crippen LogP contribution is 2.54. The molecule has 19 heavy (non-hydrogen) atoms. The van der Waals surface area contributed by atoms with Crippen LogP contribution in [0.3, 0.4) is 0 Å². The molecule has 4 nitrogen and oxygen atoms in total. The first-order chi connectivity index (χ1) is 8.77. The van der Waals surface area contributed by atoms with Crippen molar-refractivity contribution in [2.24, 2.45) is 29.1 Å². The van der Waals surface area contributed by atoms with E-state index in [1.54, 1.807) is 6.92 Å². The van der Waals surface area contributed by atoms with Crippen LogP contribution in [0.5, 0.6) is 0 Å². The van der Waals surface area contributed by atoms with Gasteiger partial charge in [-0.1, -0.05) is 20.8 Å². The van der Waals surface area contributed by atoms with Crippen molar-refractivity contribution < 1.29 is 20.1 Å². The van der Waals surface area contributed by atoms with Crippen LogP contribution in [-0.4, -0.2) is 33.5 Å². The lowest BCUT2D eigenvalue weighted by Gasteiger charge is -2.55. The van der Waals surface area contributed by atoms with Gasteiger partial charge in [0.2, 0.25) is 0 Å². The first kappa shape index (κ1) is 14.8. The van der Waals surface area contributed by atoms with Gasteiger partial charge in [-0.25, -0.2) is 0 Å². The zero-order valence-corrected chi connectivity index (χ0v) is 12.0. The van der Waals surface area contributed by atoms with Gasteiger partial charge in [0, 0.05) is 0 Å². The number of carbonyl (C=O) groups is 1. The van der Waals surface area contributed by atoms with E-state index in [2.05, 4.69) is 13.8 Å². The van der Waals surface area contributed by atoms with Gasteiger partial charge in [0.15, 0.2) is 0 Å². The zero-order valence-electron chi connectivity index (χ0n) is 12.0. The SMILES string of the molecule is CC1CCC(O)C2(C)CC(O)C(C(C)C(=O)O)CC12. The Morgan fingerprint density at radius 2 is 1.95 bits per heavy atom. The molecule has 7 atom stereocenters. The number of carboxylic acid groups (broad SMARTS) is 1. The fourth-order valence-corrected chi connectivity index (χ4v) is 4.41. The molecule has 0 aromatic heterocycles. The molecule has 2 aliphatic rings. The Labute approximate surface area is 114 Å². The third-order valence-corrected chi connectivity index (χ3v) is 5.89. The Morgan fingerprint density at radius 3 is 2.53 bits per heavy atom. The fourth-order valence-electron chi connectivity index (χ4n) is 4.41. The Balaban J connectivity index is 2.23. The molecule has 110 valence electrons. The van der Waals surface area contributed by atoms with Crippen LogP contribution in [0.1, 0.15) is 46.5 Å². The summed E-state index contributed by atoms with van der Waals surface area (Å²) >= 11 is 0. The number of rotatable bonds is 2. The molecule has 0 saturated heterocycles. The molecule has 0 amide bonds. The van der Waals surface area contributed by atoms with Crippen molar-refractivity contribution in [1.29, 1.82) is 0 Å². The molecule has 0 radical (unpaired) electrons. The summed E-state index contributed by atoms with van der Waals surface area (Å²) in [4.78, 5) is 11.2. The van der Waals surface area contributed by atoms with Crippen molar-refractivity contribution in [3.63, 3.8) is 0 Å². The molecular weight excluding hydrogens is 244 g/mol. The van der Waals surface area contributed by atoms with E-state index < -0.39 is 18.0 Å². The van der Waals surface area contributed by atoms with Crippen LogP contribution in [0.4, 0.5) is 0 Å². The molecule has 3 N–H and O–H groups in total. The van der Waals surface area contributed by atoms with Crippen molar-refractivity contribution in [3.05, 3.63) is 0 Å². The van der Waals surface area contributed by atoms with E-state index >= 15 is 0 Å². The van der Waals surface area contributed by atoms with Gasteiger partial charge >= 0.3 is 5.97 Å². The van der Waals surface area contributed by atoms with Crippen LogP contribution >= 0.6 is 0 Å². The summed E-state index contributed by atoms with van der Waals surface area (Å²) in [6.45, 7) is 5.93. The topological polar surface area (TPSA) is 77.8 Å². The van der Waals surface area contributed by atoms with Crippen LogP contribution < -0.4 is 0 Å². The Kier molecular flexibility index (Phi) is 3.94. The third kappa shape index (κ3) is 2.40. The lowest BCUT2D eigenvalue weighted by atomic mass is 9.52. The van der Waals surface area contributed by atoms with Gasteiger partial charge in [-0.05, 0) is 48.9 Å². The molecule has 4 heteroatoms. The van der Waals surface area contributed by atoms with E-state index in [0.29, 0.717) is 24.7 Å². The van der Waals surface area contributed by atoms with Gasteiger partial charge in [0.05, 0.1) is 18.1 Å². The van der Waals surface area contributed by atoms with Gasteiger partial charge in [-0.3, -0.25) is 4.79 Å². The highest BCUT2D eigenvalue weighted by molar-refractivity contribution is 5.70. The number of aliphatic carboxylic acids is 1. The van der Waals surface area contributed by atoms with E-state index in [0.717, 1.165) is 12.8 Å². The minimum atomic E-state index is -0.836.